The summed E-state index contributed by atoms with van der Waals surface area (Å²) in [4.78, 5) is 32.3. The summed E-state index contributed by atoms with van der Waals surface area (Å²) in [6, 6.07) is 15.4. The smallest absolute Gasteiger partial charge is 0.294 e. The summed E-state index contributed by atoms with van der Waals surface area (Å²) in [5.41, 5.74) is 2.09. The second kappa shape index (κ2) is 6.81. The summed E-state index contributed by atoms with van der Waals surface area (Å²) >= 11 is 1.27. The lowest BCUT2D eigenvalue weighted by molar-refractivity contribution is -0.117. The number of nitrogens with zero attached hydrogens (tertiary/aromatic N) is 2. The highest BCUT2D eigenvalue weighted by molar-refractivity contribution is 7.12. The summed E-state index contributed by atoms with van der Waals surface area (Å²) in [5, 5.41) is 12.4. The number of amides is 1. The van der Waals surface area contributed by atoms with Gasteiger partial charge in [0.1, 0.15) is 6.04 Å². The molecule has 4 rings (SSSR count). The van der Waals surface area contributed by atoms with Gasteiger partial charge in [-0.25, -0.2) is 0 Å². The summed E-state index contributed by atoms with van der Waals surface area (Å²) in [5.74, 6) is -1.48. The van der Waals surface area contributed by atoms with Gasteiger partial charge in [0, 0.05) is 11.9 Å². The highest BCUT2D eigenvalue weighted by Crippen LogP contribution is 2.42. The number of aryl methyl sites for hydroxylation is 1. The number of aromatic nitrogens is 1. The zero-order chi connectivity index (χ0) is 19.0. The monoisotopic (exact) mass is 376 g/mol. The quantitative estimate of drug-likeness (QED) is 0.692. The zero-order valence-corrected chi connectivity index (χ0v) is 15.3. The minimum absolute atomic E-state index is 0.0596. The standard InChI is InChI=1S/C21H16N2O3S/c1-13-7-2-3-9-15(13)23-18(14-8-4-5-11-22-14)17(20(25)21(23)26)19(24)16-10-6-12-27-16/h2-12,18,25H,1H3. The highest BCUT2D eigenvalue weighted by Gasteiger charge is 2.45. The molecule has 1 aliphatic rings. The van der Waals surface area contributed by atoms with E-state index in [2.05, 4.69) is 4.98 Å². The van der Waals surface area contributed by atoms with Crippen molar-refractivity contribution in [1.82, 2.24) is 4.98 Å². The van der Waals surface area contributed by atoms with E-state index in [1.165, 1.54) is 16.2 Å². The molecule has 2 aromatic heterocycles. The molecular weight excluding hydrogens is 360 g/mol. The van der Waals surface area contributed by atoms with E-state index in [0.29, 0.717) is 16.3 Å². The number of anilines is 1. The molecule has 0 saturated heterocycles. The Labute approximate surface area is 160 Å². The molecule has 1 amide bonds. The molecule has 0 aliphatic carbocycles. The average Bonchev–Trinajstić information content (AvgIpc) is 3.31. The maximum Gasteiger partial charge on any atom is 0.294 e. The number of thiophene rings is 1. The number of hydrogen-bond acceptors (Lipinski definition) is 5. The lowest BCUT2D eigenvalue weighted by atomic mass is 9.98. The minimum atomic E-state index is -0.783. The van der Waals surface area contributed by atoms with Crippen molar-refractivity contribution in [2.24, 2.45) is 0 Å². The van der Waals surface area contributed by atoms with E-state index in [9.17, 15) is 14.7 Å². The number of benzene rings is 1. The number of pyridine rings is 1. The summed E-state index contributed by atoms with van der Waals surface area (Å²) in [6.45, 7) is 1.88. The van der Waals surface area contributed by atoms with E-state index < -0.39 is 17.7 Å². The van der Waals surface area contributed by atoms with Gasteiger partial charge in [-0.05, 0) is 42.1 Å². The van der Waals surface area contributed by atoms with Gasteiger partial charge in [-0.15, -0.1) is 11.3 Å². The second-order valence-electron chi connectivity index (χ2n) is 6.19. The number of rotatable bonds is 4. The van der Waals surface area contributed by atoms with Gasteiger partial charge in [0.05, 0.1) is 16.1 Å². The zero-order valence-electron chi connectivity index (χ0n) is 14.5. The van der Waals surface area contributed by atoms with Crippen LogP contribution in [0.2, 0.25) is 0 Å². The summed E-state index contributed by atoms with van der Waals surface area (Å²) in [7, 11) is 0. The molecule has 1 N–H and O–H groups in total. The topological polar surface area (TPSA) is 70.5 Å². The van der Waals surface area contributed by atoms with Gasteiger partial charge in [-0.3, -0.25) is 19.5 Å². The van der Waals surface area contributed by atoms with Gasteiger partial charge in [0.2, 0.25) is 5.78 Å². The van der Waals surface area contributed by atoms with E-state index in [1.807, 2.05) is 25.1 Å². The predicted octanol–water partition coefficient (Wildman–Crippen LogP) is 4.23. The van der Waals surface area contributed by atoms with E-state index in [1.54, 1.807) is 48.0 Å². The van der Waals surface area contributed by atoms with Crippen molar-refractivity contribution in [2.75, 3.05) is 4.90 Å². The van der Waals surface area contributed by atoms with Crippen LogP contribution in [0.1, 0.15) is 27.0 Å². The van der Waals surface area contributed by atoms with E-state index in [4.69, 9.17) is 0 Å². The maximum atomic E-state index is 13.1. The molecule has 134 valence electrons. The number of carbonyl (C=O) groups excluding carboxylic acids is 2. The molecule has 0 radical (unpaired) electrons. The van der Waals surface area contributed by atoms with Crippen LogP contribution in [0.4, 0.5) is 5.69 Å². The van der Waals surface area contributed by atoms with Crippen molar-refractivity contribution >= 4 is 28.7 Å². The summed E-state index contributed by atoms with van der Waals surface area (Å²) in [6.07, 6.45) is 1.61. The molecule has 0 bridgehead atoms. The Balaban J connectivity index is 1.91. The lowest BCUT2D eigenvalue weighted by Crippen LogP contribution is -2.32. The lowest BCUT2D eigenvalue weighted by Gasteiger charge is -2.27. The largest absolute Gasteiger partial charge is 0.503 e. The number of aliphatic hydroxyl groups excluding tert-OH is 1. The number of hydrogen-bond donors (Lipinski definition) is 1. The number of aliphatic hydroxyl groups is 1. The van der Waals surface area contributed by atoms with Crippen molar-refractivity contribution in [2.45, 2.75) is 13.0 Å². The van der Waals surface area contributed by atoms with Crippen LogP contribution < -0.4 is 4.90 Å². The third-order valence-electron chi connectivity index (χ3n) is 4.54. The molecule has 1 aromatic carbocycles. The first-order chi connectivity index (χ1) is 13.1. The van der Waals surface area contributed by atoms with E-state index in [0.717, 1.165) is 5.56 Å². The van der Waals surface area contributed by atoms with Crippen molar-refractivity contribution in [3.63, 3.8) is 0 Å². The second-order valence-corrected chi connectivity index (χ2v) is 7.14. The van der Waals surface area contributed by atoms with Crippen LogP contribution in [0.3, 0.4) is 0 Å². The highest BCUT2D eigenvalue weighted by atomic mass is 32.1. The Hall–Kier alpha value is -3.25. The van der Waals surface area contributed by atoms with Crippen LogP contribution in [-0.4, -0.2) is 21.8 Å². The number of para-hydroxylation sites is 1. The first kappa shape index (κ1) is 17.2. The van der Waals surface area contributed by atoms with Crippen LogP contribution in [-0.2, 0) is 4.79 Å². The predicted molar refractivity (Wildman–Crippen MR) is 104 cm³/mol. The number of carbonyl (C=O) groups is 2. The molecule has 5 nitrogen and oxygen atoms in total. The fourth-order valence-electron chi connectivity index (χ4n) is 3.28. The van der Waals surface area contributed by atoms with Gasteiger partial charge >= 0.3 is 0 Å². The first-order valence-electron chi connectivity index (χ1n) is 8.41. The van der Waals surface area contributed by atoms with Crippen LogP contribution in [0.5, 0.6) is 0 Å². The number of Topliss-reactive ketones (excluding diaryl/α,β-unsaturated/α-hetero) is 1. The molecule has 1 unspecified atom stereocenters. The molecular formula is C21H16N2O3S. The molecule has 1 aliphatic heterocycles. The molecule has 27 heavy (non-hydrogen) atoms. The fraction of sp³-hybridized carbons (Fsp3) is 0.0952. The van der Waals surface area contributed by atoms with Crippen LogP contribution in [0.15, 0.2) is 77.5 Å². The molecule has 1 atom stereocenters. The molecule has 0 saturated carbocycles. The summed E-state index contributed by atoms with van der Waals surface area (Å²) < 4.78 is 0. The van der Waals surface area contributed by atoms with Crippen molar-refractivity contribution in [3.8, 4) is 0 Å². The van der Waals surface area contributed by atoms with Crippen LogP contribution >= 0.6 is 11.3 Å². The minimum Gasteiger partial charge on any atom is -0.503 e. The first-order valence-corrected chi connectivity index (χ1v) is 9.29. The van der Waals surface area contributed by atoms with Crippen molar-refractivity contribution < 1.29 is 14.7 Å². The van der Waals surface area contributed by atoms with E-state index in [-0.39, 0.29) is 11.4 Å². The normalized spacial score (nSPS) is 16.9. The third-order valence-corrected chi connectivity index (χ3v) is 5.41. The Kier molecular flexibility index (Phi) is 4.33. The SMILES string of the molecule is Cc1ccccc1N1C(=O)C(O)=C(C(=O)c2cccs2)C1c1ccccn1. The van der Waals surface area contributed by atoms with Crippen LogP contribution in [0, 0.1) is 6.92 Å². The van der Waals surface area contributed by atoms with Crippen LogP contribution in [0.25, 0.3) is 0 Å². The van der Waals surface area contributed by atoms with Gasteiger partial charge in [0.15, 0.2) is 5.76 Å². The van der Waals surface area contributed by atoms with Gasteiger partial charge in [-0.1, -0.05) is 30.3 Å². The molecule has 3 heterocycles. The van der Waals surface area contributed by atoms with Crippen molar-refractivity contribution in [1.29, 1.82) is 0 Å². The Morgan fingerprint density at radius 2 is 1.89 bits per heavy atom. The Morgan fingerprint density at radius 3 is 2.56 bits per heavy atom. The fourth-order valence-corrected chi connectivity index (χ4v) is 3.96. The van der Waals surface area contributed by atoms with Gasteiger partial charge in [-0.2, -0.15) is 0 Å². The molecule has 0 spiro atoms. The molecule has 3 aromatic rings. The van der Waals surface area contributed by atoms with Crippen molar-refractivity contribution in [3.05, 3.63) is 93.6 Å². The van der Waals surface area contributed by atoms with Gasteiger partial charge < -0.3 is 5.11 Å². The Bertz CT molecular complexity index is 1040. The third kappa shape index (κ3) is 2.84. The average molecular weight is 376 g/mol. The molecule has 0 fully saturated rings. The van der Waals surface area contributed by atoms with Gasteiger partial charge in [0.25, 0.3) is 5.91 Å². The maximum absolute atomic E-state index is 13.1. The Morgan fingerprint density at radius 1 is 1.11 bits per heavy atom. The number of ketones is 1. The molecule has 6 heteroatoms. The van der Waals surface area contributed by atoms with E-state index >= 15 is 0 Å².